The Balaban J connectivity index is 2.18. The van der Waals surface area contributed by atoms with Gasteiger partial charge in [0.25, 0.3) is 5.91 Å². The van der Waals surface area contributed by atoms with Gasteiger partial charge in [0.05, 0.1) is 0 Å². The Morgan fingerprint density at radius 1 is 1.33 bits per heavy atom. The highest BCUT2D eigenvalue weighted by molar-refractivity contribution is 9.10. The van der Waals surface area contributed by atoms with E-state index in [0.29, 0.717) is 10.7 Å². The van der Waals surface area contributed by atoms with E-state index in [1.807, 2.05) is 6.92 Å². The molecule has 0 aliphatic heterocycles. The lowest BCUT2D eigenvalue weighted by Gasteiger charge is -2.08. The third-order valence-electron chi connectivity index (χ3n) is 2.40. The summed E-state index contributed by atoms with van der Waals surface area (Å²) < 4.78 is 0.835. The number of amides is 1. The van der Waals surface area contributed by atoms with E-state index in [1.165, 1.54) is 0 Å². The molecule has 0 saturated carbocycles. The molecule has 0 bridgehead atoms. The predicted molar refractivity (Wildman–Crippen MR) is 76.1 cm³/mol. The summed E-state index contributed by atoms with van der Waals surface area (Å²) in [5.41, 5.74) is 2.01. The summed E-state index contributed by atoms with van der Waals surface area (Å²) in [6.07, 6.45) is 1.59. The minimum absolute atomic E-state index is 0.243. The van der Waals surface area contributed by atoms with E-state index < -0.39 is 0 Å². The van der Waals surface area contributed by atoms with Gasteiger partial charge in [0, 0.05) is 21.4 Å². The van der Waals surface area contributed by atoms with Gasteiger partial charge in [0.15, 0.2) is 0 Å². The Hall–Kier alpha value is -1.39. The van der Waals surface area contributed by atoms with Gasteiger partial charge in [-0.25, -0.2) is 4.98 Å². The summed E-state index contributed by atoms with van der Waals surface area (Å²) in [7, 11) is 0. The first-order valence-electron chi connectivity index (χ1n) is 5.25. The van der Waals surface area contributed by atoms with Crippen LogP contribution in [0.25, 0.3) is 0 Å². The van der Waals surface area contributed by atoms with Crippen molar-refractivity contribution < 1.29 is 4.79 Å². The van der Waals surface area contributed by atoms with Crippen LogP contribution in [0.4, 0.5) is 5.69 Å². The summed E-state index contributed by atoms with van der Waals surface area (Å²) >= 11 is 9.13. The summed E-state index contributed by atoms with van der Waals surface area (Å²) in [4.78, 5) is 16.0. The molecule has 0 fully saturated rings. The Bertz CT molecular complexity index is 584. The Morgan fingerprint density at radius 2 is 2.11 bits per heavy atom. The highest BCUT2D eigenvalue weighted by atomic mass is 79.9. The van der Waals surface area contributed by atoms with Gasteiger partial charge in [-0.15, -0.1) is 0 Å². The molecule has 0 spiro atoms. The molecule has 0 aliphatic rings. The van der Waals surface area contributed by atoms with Gasteiger partial charge in [-0.2, -0.15) is 0 Å². The number of anilines is 1. The zero-order chi connectivity index (χ0) is 13.1. The average molecular weight is 326 g/mol. The minimum Gasteiger partial charge on any atom is -0.320 e. The largest absolute Gasteiger partial charge is 0.320 e. The Labute approximate surface area is 118 Å². The fourth-order valence-electron chi connectivity index (χ4n) is 1.46. The van der Waals surface area contributed by atoms with Crippen molar-refractivity contribution in [1.29, 1.82) is 0 Å². The van der Waals surface area contributed by atoms with E-state index in [2.05, 4.69) is 26.2 Å². The molecule has 92 valence electrons. The first kappa shape index (κ1) is 13.1. The molecule has 0 aliphatic carbocycles. The van der Waals surface area contributed by atoms with Crippen LogP contribution in [-0.2, 0) is 0 Å². The fraction of sp³-hybridized carbons (Fsp3) is 0.0769. The summed E-state index contributed by atoms with van der Waals surface area (Å²) in [5, 5.41) is 3.44. The third kappa shape index (κ3) is 3.09. The number of benzene rings is 1. The van der Waals surface area contributed by atoms with Crippen molar-refractivity contribution in [2.75, 3.05) is 5.32 Å². The van der Waals surface area contributed by atoms with Crippen molar-refractivity contribution in [3.05, 3.63) is 57.3 Å². The van der Waals surface area contributed by atoms with E-state index in [4.69, 9.17) is 11.6 Å². The Kier molecular flexibility index (Phi) is 3.99. The first-order valence-corrected chi connectivity index (χ1v) is 6.42. The minimum atomic E-state index is -0.243. The lowest BCUT2D eigenvalue weighted by Crippen LogP contribution is -2.14. The third-order valence-corrected chi connectivity index (χ3v) is 3.10. The second-order valence-electron chi connectivity index (χ2n) is 3.78. The van der Waals surface area contributed by atoms with Crippen LogP contribution >= 0.6 is 27.5 Å². The topological polar surface area (TPSA) is 42.0 Å². The van der Waals surface area contributed by atoms with Crippen LogP contribution in [0.5, 0.6) is 0 Å². The van der Waals surface area contributed by atoms with Gasteiger partial charge in [-0.1, -0.05) is 11.6 Å². The summed E-state index contributed by atoms with van der Waals surface area (Å²) in [5.74, 6) is -0.243. The fourth-order valence-corrected chi connectivity index (χ4v) is 1.93. The lowest BCUT2D eigenvalue weighted by molar-refractivity contribution is 0.102. The number of aryl methyl sites for hydroxylation is 1. The molecule has 0 radical (unpaired) electrons. The van der Waals surface area contributed by atoms with Gasteiger partial charge in [0.2, 0.25) is 0 Å². The molecule has 1 N–H and O–H groups in total. The number of carbonyl (C=O) groups excluding carboxylic acids is 1. The van der Waals surface area contributed by atoms with Crippen LogP contribution in [0, 0.1) is 6.92 Å². The number of nitrogens with one attached hydrogen (secondary N) is 1. The number of aromatic nitrogens is 1. The lowest BCUT2D eigenvalue weighted by atomic mass is 10.2. The summed E-state index contributed by atoms with van der Waals surface area (Å²) in [6, 6.07) is 8.74. The van der Waals surface area contributed by atoms with Crippen LogP contribution in [0.1, 0.15) is 16.1 Å². The monoisotopic (exact) mass is 324 g/mol. The van der Waals surface area contributed by atoms with Crippen LogP contribution in [0.15, 0.2) is 41.0 Å². The van der Waals surface area contributed by atoms with Crippen molar-refractivity contribution in [3.8, 4) is 0 Å². The second kappa shape index (κ2) is 5.50. The molecule has 0 atom stereocenters. The van der Waals surface area contributed by atoms with Crippen LogP contribution in [0.2, 0.25) is 5.02 Å². The van der Waals surface area contributed by atoms with Crippen molar-refractivity contribution in [1.82, 2.24) is 4.98 Å². The molecule has 1 aromatic carbocycles. The number of nitrogens with zero attached hydrogens (tertiary/aromatic N) is 1. The number of carbonyl (C=O) groups is 1. The zero-order valence-corrected chi connectivity index (χ0v) is 11.9. The molecule has 3 nitrogen and oxygen atoms in total. The van der Waals surface area contributed by atoms with Crippen LogP contribution in [-0.4, -0.2) is 10.9 Å². The Morgan fingerprint density at radius 3 is 2.72 bits per heavy atom. The van der Waals surface area contributed by atoms with Crippen molar-refractivity contribution in [2.45, 2.75) is 6.92 Å². The van der Waals surface area contributed by atoms with E-state index in [0.717, 1.165) is 15.7 Å². The molecular weight excluding hydrogens is 316 g/mol. The SMILES string of the molecule is Cc1cc(Cl)ccc1NC(=O)c1ccc(Br)cn1. The van der Waals surface area contributed by atoms with Gasteiger partial charge < -0.3 is 5.32 Å². The second-order valence-corrected chi connectivity index (χ2v) is 5.13. The predicted octanol–water partition coefficient (Wildman–Crippen LogP) is 4.06. The first-order chi connectivity index (χ1) is 8.56. The van der Waals surface area contributed by atoms with E-state index in [1.54, 1.807) is 36.5 Å². The molecule has 2 aromatic rings. The molecular formula is C13H10BrClN2O. The summed E-state index contributed by atoms with van der Waals surface area (Å²) in [6.45, 7) is 1.89. The molecule has 5 heteroatoms. The number of halogens is 2. The molecule has 1 aromatic heterocycles. The highest BCUT2D eigenvalue weighted by Crippen LogP contribution is 2.20. The van der Waals surface area contributed by atoms with Crippen LogP contribution in [0.3, 0.4) is 0 Å². The zero-order valence-electron chi connectivity index (χ0n) is 9.58. The molecule has 1 heterocycles. The maximum atomic E-state index is 11.9. The molecule has 1 amide bonds. The normalized spacial score (nSPS) is 10.2. The molecule has 2 rings (SSSR count). The van der Waals surface area contributed by atoms with Crippen LogP contribution < -0.4 is 5.32 Å². The van der Waals surface area contributed by atoms with Gasteiger partial charge >= 0.3 is 0 Å². The maximum absolute atomic E-state index is 11.9. The quantitative estimate of drug-likeness (QED) is 0.905. The van der Waals surface area contributed by atoms with E-state index >= 15 is 0 Å². The van der Waals surface area contributed by atoms with E-state index in [-0.39, 0.29) is 5.91 Å². The van der Waals surface area contributed by atoms with Gasteiger partial charge in [-0.3, -0.25) is 4.79 Å². The molecule has 18 heavy (non-hydrogen) atoms. The van der Waals surface area contributed by atoms with Gasteiger partial charge in [0.1, 0.15) is 5.69 Å². The molecule has 0 unspecified atom stereocenters. The smallest absolute Gasteiger partial charge is 0.274 e. The average Bonchev–Trinajstić information content (AvgIpc) is 2.33. The van der Waals surface area contributed by atoms with Crippen molar-refractivity contribution in [3.63, 3.8) is 0 Å². The number of rotatable bonds is 2. The van der Waals surface area contributed by atoms with Crippen molar-refractivity contribution >= 4 is 39.1 Å². The van der Waals surface area contributed by atoms with E-state index in [9.17, 15) is 4.79 Å². The highest BCUT2D eigenvalue weighted by Gasteiger charge is 2.08. The number of hydrogen-bond donors (Lipinski definition) is 1. The maximum Gasteiger partial charge on any atom is 0.274 e. The van der Waals surface area contributed by atoms with Gasteiger partial charge in [-0.05, 0) is 58.7 Å². The standard InChI is InChI=1S/C13H10BrClN2O/c1-8-6-10(15)3-5-11(8)17-13(18)12-4-2-9(14)7-16-12/h2-7H,1H3,(H,17,18). The number of pyridine rings is 1. The number of hydrogen-bond acceptors (Lipinski definition) is 2. The van der Waals surface area contributed by atoms with Crippen molar-refractivity contribution in [2.24, 2.45) is 0 Å². The molecule has 0 saturated heterocycles.